The monoisotopic (exact) mass is 500 g/mol. The lowest BCUT2D eigenvalue weighted by atomic mass is 10.0. The number of nitrogens with one attached hydrogen (secondary N) is 1. The van der Waals surface area contributed by atoms with Crippen LogP contribution in [0.25, 0.3) is 11.0 Å². The summed E-state index contributed by atoms with van der Waals surface area (Å²) in [5, 5.41) is 3.78. The number of anilines is 1. The lowest BCUT2D eigenvalue weighted by Crippen LogP contribution is -2.40. The number of benzene rings is 3. The van der Waals surface area contributed by atoms with Gasteiger partial charge < -0.3 is 20.3 Å². The summed E-state index contributed by atoms with van der Waals surface area (Å²) in [6, 6.07) is 30.4. The predicted molar refractivity (Wildman–Crippen MR) is 147 cm³/mol. The Labute approximate surface area is 214 Å². The van der Waals surface area contributed by atoms with Gasteiger partial charge in [0.1, 0.15) is 0 Å². The van der Waals surface area contributed by atoms with Crippen LogP contribution in [0.3, 0.4) is 0 Å². The number of imidazole rings is 1. The average molecular weight is 502 g/mol. The highest BCUT2D eigenvalue weighted by Crippen LogP contribution is 2.24. The molecular formula is C27H34Cl2N4O. The lowest BCUT2D eigenvalue weighted by molar-refractivity contribution is 0.221. The smallest absolute Gasteiger partial charge is 0.204 e. The molecule has 1 aliphatic heterocycles. The molecule has 2 heterocycles. The summed E-state index contributed by atoms with van der Waals surface area (Å²) in [4.78, 5) is 7.53. The molecule has 182 valence electrons. The molecule has 7 heteroatoms. The van der Waals surface area contributed by atoms with Crippen LogP contribution in [0.2, 0.25) is 0 Å². The Morgan fingerprint density at radius 1 is 0.765 bits per heavy atom. The molecule has 0 aliphatic carbocycles. The molecule has 0 saturated carbocycles. The van der Waals surface area contributed by atoms with Crippen molar-refractivity contribution in [2.45, 2.75) is 31.8 Å². The summed E-state index contributed by atoms with van der Waals surface area (Å²) >= 11 is 0. The van der Waals surface area contributed by atoms with E-state index in [9.17, 15) is 0 Å². The third kappa shape index (κ3) is 6.73. The minimum atomic E-state index is 0. The standard InChI is InChI=1S/C27H30N4.2ClH.H2O/c1-3-9-22(10-4-1)15-18-30-19-16-24(17-20-30)28-27-29-25-13-7-8-14-26(25)31(27)21-23-11-5-2-6-12-23;;;/h1-14,24H,15-21H2,(H,28,29);2*1H;1H2. The van der Waals surface area contributed by atoms with Crippen molar-refractivity contribution in [1.82, 2.24) is 14.5 Å². The Morgan fingerprint density at radius 3 is 2.03 bits per heavy atom. The molecule has 5 nitrogen and oxygen atoms in total. The van der Waals surface area contributed by atoms with Gasteiger partial charge in [-0.1, -0.05) is 72.8 Å². The van der Waals surface area contributed by atoms with Crippen LogP contribution in [0.1, 0.15) is 24.0 Å². The maximum absolute atomic E-state index is 4.94. The average Bonchev–Trinajstić information content (AvgIpc) is 3.17. The number of nitrogens with zero attached hydrogens (tertiary/aromatic N) is 3. The van der Waals surface area contributed by atoms with Crippen LogP contribution >= 0.6 is 24.8 Å². The molecule has 0 bridgehead atoms. The Hall–Kier alpha value is -2.57. The van der Waals surface area contributed by atoms with Crippen molar-refractivity contribution in [3.8, 4) is 0 Å². The highest BCUT2D eigenvalue weighted by Gasteiger charge is 2.21. The summed E-state index contributed by atoms with van der Waals surface area (Å²) in [7, 11) is 0. The van der Waals surface area contributed by atoms with Crippen LogP contribution in [0.15, 0.2) is 84.9 Å². The minimum absolute atomic E-state index is 0. The third-order valence-electron chi connectivity index (χ3n) is 6.32. The van der Waals surface area contributed by atoms with Gasteiger partial charge in [0.05, 0.1) is 17.6 Å². The lowest BCUT2D eigenvalue weighted by Gasteiger charge is -2.32. The van der Waals surface area contributed by atoms with E-state index in [0.717, 1.165) is 56.9 Å². The molecule has 5 rings (SSSR count). The first-order valence-electron chi connectivity index (χ1n) is 11.4. The Kier molecular flexibility index (Phi) is 10.9. The second-order valence-corrected chi connectivity index (χ2v) is 8.49. The van der Waals surface area contributed by atoms with Crippen molar-refractivity contribution < 1.29 is 5.48 Å². The molecule has 0 amide bonds. The second-order valence-electron chi connectivity index (χ2n) is 8.49. The first-order valence-corrected chi connectivity index (χ1v) is 11.4. The number of halogens is 2. The Morgan fingerprint density at radius 2 is 1.35 bits per heavy atom. The van der Waals surface area contributed by atoms with Gasteiger partial charge in [0, 0.05) is 25.7 Å². The van der Waals surface area contributed by atoms with Gasteiger partial charge in [-0.3, -0.25) is 0 Å². The summed E-state index contributed by atoms with van der Waals surface area (Å²) in [5.41, 5.74) is 4.97. The van der Waals surface area contributed by atoms with Crippen LogP contribution in [-0.2, 0) is 13.0 Å². The van der Waals surface area contributed by atoms with E-state index < -0.39 is 0 Å². The molecule has 0 unspecified atom stereocenters. The second kappa shape index (κ2) is 13.4. The van der Waals surface area contributed by atoms with Crippen molar-refractivity contribution in [3.63, 3.8) is 0 Å². The van der Waals surface area contributed by atoms with E-state index in [2.05, 4.69) is 99.7 Å². The topological polar surface area (TPSA) is 64.6 Å². The molecule has 3 N–H and O–H groups in total. The zero-order valence-electron chi connectivity index (χ0n) is 19.3. The van der Waals surface area contributed by atoms with E-state index in [1.807, 2.05) is 0 Å². The minimum Gasteiger partial charge on any atom is -0.412 e. The van der Waals surface area contributed by atoms with Crippen molar-refractivity contribution in [2.75, 3.05) is 25.0 Å². The van der Waals surface area contributed by atoms with E-state index >= 15 is 0 Å². The molecule has 0 radical (unpaired) electrons. The van der Waals surface area contributed by atoms with Crippen LogP contribution in [0.5, 0.6) is 0 Å². The van der Waals surface area contributed by atoms with Crippen molar-refractivity contribution in [2.24, 2.45) is 0 Å². The van der Waals surface area contributed by atoms with Crippen LogP contribution in [0, 0.1) is 0 Å². The van der Waals surface area contributed by atoms with E-state index in [0.29, 0.717) is 6.04 Å². The summed E-state index contributed by atoms with van der Waals surface area (Å²) in [6.45, 7) is 4.26. The van der Waals surface area contributed by atoms with Gasteiger partial charge >= 0.3 is 0 Å². The number of hydrogen-bond acceptors (Lipinski definition) is 3. The highest BCUT2D eigenvalue weighted by molar-refractivity contribution is 5.85. The predicted octanol–water partition coefficient (Wildman–Crippen LogP) is 5.22. The van der Waals surface area contributed by atoms with Gasteiger partial charge in [0.15, 0.2) is 0 Å². The van der Waals surface area contributed by atoms with Crippen LogP contribution < -0.4 is 5.32 Å². The van der Waals surface area contributed by atoms with Gasteiger partial charge in [-0.2, -0.15) is 0 Å². The molecule has 34 heavy (non-hydrogen) atoms. The quantitative estimate of drug-likeness (QED) is 0.378. The van der Waals surface area contributed by atoms with E-state index in [4.69, 9.17) is 4.98 Å². The zero-order valence-corrected chi connectivity index (χ0v) is 20.9. The van der Waals surface area contributed by atoms with Gasteiger partial charge in [-0.25, -0.2) is 4.98 Å². The van der Waals surface area contributed by atoms with Crippen LogP contribution in [-0.4, -0.2) is 45.6 Å². The normalized spacial score (nSPS) is 14.0. The fourth-order valence-electron chi connectivity index (χ4n) is 4.53. The van der Waals surface area contributed by atoms with E-state index in [1.165, 1.54) is 16.6 Å². The molecule has 4 aromatic rings. The number of aromatic nitrogens is 2. The number of para-hydroxylation sites is 2. The molecule has 0 atom stereocenters. The van der Waals surface area contributed by atoms with Gasteiger partial charge in [-0.15, -0.1) is 24.8 Å². The molecule has 1 fully saturated rings. The third-order valence-corrected chi connectivity index (χ3v) is 6.32. The maximum Gasteiger partial charge on any atom is 0.204 e. The fraction of sp³-hybridized carbons (Fsp3) is 0.296. The molecular weight excluding hydrogens is 467 g/mol. The van der Waals surface area contributed by atoms with Crippen molar-refractivity contribution >= 4 is 41.8 Å². The molecule has 3 aromatic carbocycles. The Balaban J connectivity index is 0.00000136. The largest absolute Gasteiger partial charge is 0.412 e. The first kappa shape index (κ1) is 27.7. The van der Waals surface area contributed by atoms with Gasteiger partial charge in [-0.05, 0) is 42.5 Å². The molecule has 1 aliphatic rings. The SMILES string of the molecule is Cl.Cl.O.c1ccc(CCN2CCC(Nc3nc4ccccc4n3Cc3ccccc3)CC2)cc1. The maximum atomic E-state index is 4.94. The van der Waals surface area contributed by atoms with Gasteiger partial charge in [0.25, 0.3) is 0 Å². The van der Waals surface area contributed by atoms with Crippen LogP contribution in [0.4, 0.5) is 5.95 Å². The molecule has 0 spiro atoms. The summed E-state index contributed by atoms with van der Waals surface area (Å²) in [6.07, 6.45) is 3.44. The zero-order chi connectivity index (χ0) is 20.9. The summed E-state index contributed by atoms with van der Waals surface area (Å²) < 4.78 is 2.33. The number of hydrogen-bond donors (Lipinski definition) is 1. The highest BCUT2D eigenvalue weighted by atomic mass is 35.5. The number of rotatable bonds is 7. The molecule has 1 saturated heterocycles. The number of piperidine rings is 1. The van der Waals surface area contributed by atoms with E-state index in [1.54, 1.807) is 0 Å². The Bertz CT molecular complexity index is 1110. The van der Waals surface area contributed by atoms with Crippen molar-refractivity contribution in [1.29, 1.82) is 0 Å². The van der Waals surface area contributed by atoms with Crippen molar-refractivity contribution in [3.05, 3.63) is 96.1 Å². The first-order chi connectivity index (χ1) is 15.3. The number of likely N-dealkylation sites (tertiary alicyclic amines) is 1. The van der Waals surface area contributed by atoms with E-state index in [-0.39, 0.29) is 30.3 Å². The summed E-state index contributed by atoms with van der Waals surface area (Å²) in [5.74, 6) is 0.993. The fourth-order valence-corrected chi connectivity index (χ4v) is 4.53. The van der Waals surface area contributed by atoms with Gasteiger partial charge in [0.2, 0.25) is 5.95 Å². The molecule has 1 aromatic heterocycles. The number of fused-ring (bicyclic) bond motifs is 1.